The zero-order valence-corrected chi connectivity index (χ0v) is 5.90. The number of rotatable bonds is 1. The van der Waals surface area contributed by atoms with Gasteiger partial charge in [0.2, 0.25) is 0 Å². The van der Waals surface area contributed by atoms with E-state index in [-0.39, 0.29) is 6.61 Å². The molecule has 1 unspecified atom stereocenters. The van der Waals surface area contributed by atoms with Crippen LogP contribution in [0.5, 0.6) is 0 Å². The average molecular weight is 140 g/mol. The van der Waals surface area contributed by atoms with Crippen molar-refractivity contribution in [3.8, 4) is 0 Å². The fourth-order valence-electron chi connectivity index (χ4n) is 1.57. The van der Waals surface area contributed by atoms with Gasteiger partial charge in [0.1, 0.15) is 0 Å². The van der Waals surface area contributed by atoms with Gasteiger partial charge in [-0.25, -0.2) is 0 Å². The third kappa shape index (κ3) is 0.778. The van der Waals surface area contributed by atoms with E-state index in [0.29, 0.717) is 6.04 Å². The minimum Gasteiger partial charge on any atom is -0.394 e. The van der Waals surface area contributed by atoms with Crippen LogP contribution >= 0.6 is 0 Å². The molecule has 0 saturated carbocycles. The Morgan fingerprint density at radius 2 is 2.30 bits per heavy atom. The predicted molar refractivity (Wildman–Crippen MR) is 38.3 cm³/mol. The van der Waals surface area contributed by atoms with E-state index in [1.54, 1.807) is 0 Å². The first kappa shape index (κ1) is 6.04. The summed E-state index contributed by atoms with van der Waals surface area (Å²) in [6.07, 6.45) is 4.16. The Morgan fingerprint density at radius 1 is 1.40 bits per heavy atom. The lowest BCUT2D eigenvalue weighted by atomic mass is 10.1. The van der Waals surface area contributed by atoms with Crippen LogP contribution in [0.25, 0.3) is 0 Å². The average Bonchev–Trinajstić information content (AvgIpc) is 2.06. The number of piperazine rings is 1. The Bertz CT molecular complexity index is 158. The summed E-state index contributed by atoms with van der Waals surface area (Å²) in [4.78, 5) is 4.46. The van der Waals surface area contributed by atoms with Crippen molar-refractivity contribution < 1.29 is 5.11 Å². The Balaban J connectivity index is 2.11. The molecule has 3 heteroatoms. The van der Waals surface area contributed by atoms with E-state index >= 15 is 0 Å². The Hall–Kier alpha value is -0.700. The smallest absolute Gasteiger partial charge is 0.0691 e. The van der Waals surface area contributed by atoms with E-state index in [0.717, 1.165) is 19.6 Å². The minimum absolute atomic E-state index is 0.279. The molecule has 0 aromatic rings. The maximum atomic E-state index is 8.91. The van der Waals surface area contributed by atoms with Crippen LogP contribution in [0.2, 0.25) is 0 Å². The number of nitrogens with zero attached hydrogens (tertiary/aromatic N) is 2. The Labute approximate surface area is 60.5 Å². The van der Waals surface area contributed by atoms with Gasteiger partial charge in [-0.15, -0.1) is 0 Å². The topological polar surface area (TPSA) is 26.7 Å². The van der Waals surface area contributed by atoms with Crippen LogP contribution in [0.3, 0.4) is 0 Å². The Morgan fingerprint density at radius 3 is 2.60 bits per heavy atom. The summed E-state index contributed by atoms with van der Waals surface area (Å²) in [6, 6.07) is 0.346. The number of aliphatic hydroxyl groups excluding tert-OH is 1. The van der Waals surface area contributed by atoms with Crippen LogP contribution in [0.4, 0.5) is 0 Å². The van der Waals surface area contributed by atoms with Gasteiger partial charge in [0.25, 0.3) is 0 Å². The van der Waals surface area contributed by atoms with Crippen molar-refractivity contribution in [3.63, 3.8) is 0 Å². The van der Waals surface area contributed by atoms with Gasteiger partial charge in [0.15, 0.2) is 0 Å². The van der Waals surface area contributed by atoms with Gasteiger partial charge in [-0.3, -0.25) is 0 Å². The van der Waals surface area contributed by atoms with E-state index in [1.807, 2.05) is 0 Å². The minimum atomic E-state index is 0.279. The second-order valence-corrected chi connectivity index (χ2v) is 2.87. The maximum absolute atomic E-state index is 8.91. The summed E-state index contributed by atoms with van der Waals surface area (Å²) in [6.45, 7) is 3.46. The van der Waals surface area contributed by atoms with Gasteiger partial charge in [-0.2, -0.15) is 0 Å². The van der Waals surface area contributed by atoms with E-state index < -0.39 is 0 Å². The fourth-order valence-corrected chi connectivity index (χ4v) is 1.57. The summed E-state index contributed by atoms with van der Waals surface area (Å²) in [7, 11) is 0. The standard InChI is InChI=1S/C7H12N2O/c10-6-7-5-8-1-3-9(7)4-2-8/h1,3,7,10H,2,4-6H2. The van der Waals surface area contributed by atoms with E-state index in [9.17, 15) is 0 Å². The molecule has 2 bridgehead atoms. The maximum Gasteiger partial charge on any atom is 0.0691 e. The molecule has 3 rings (SSSR count). The second-order valence-electron chi connectivity index (χ2n) is 2.87. The predicted octanol–water partition coefficient (Wildman–Crippen LogP) is -0.550. The molecule has 3 aliphatic heterocycles. The molecule has 56 valence electrons. The molecule has 0 amide bonds. The zero-order chi connectivity index (χ0) is 6.97. The molecule has 0 spiro atoms. The van der Waals surface area contributed by atoms with E-state index in [1.165, 1.54) is 0 Å². The second kappa shape index (κ2) is 2.16. The first-order valence-electron chi connectivity index (χ1n) is 3.69. The Kier molecular flexibility index (Phi) is 1.31. The van der Waals surface area contributed by atoms with Crippen molar-refractivity contribution in [2.75, 3.05) is 26.2 Å². The normalized spacial score (nSPS) is 29.9. The van der Waals surface area contributed by atoms with E-state index in [4.69, 9.17) is 5.11 Å². The van der Waals surface area contributed by atoms with Crippen LogP contribution in [-0.4, -0.2) is 47.2 Å². The van der Waals surface area contributed by atoms with Crippen molar-refractivity contribution in [3.05, 3.63) is 12.4 Å². The van der Waals surface area contributed by atoms with Crippen molar-refractivity contribution in [1.82, 2.24) is 9.80 Å². The largest absolute Gasteiger partial charge is 0.394 e. The highest BCUT2D eigenvalue weighted by Crippen LogP contribution is 2.15. The molecule has 10 heavy (non-hydrogen) atoms. The lowest BCUT2D eigenvalue weighted by molar-refractivity contribution is 0.0735. The quantitative estimate of drug-likeness (QED) is 0.529. The molecular formula is C7H12N2O. The molecule has 1 atom stereocenters. The number of fused-ring (bicyclic) bond motifs is 2. The fraction of sp³-hybridized carbons (Fsp3) is 0.714. The first-order chi connectivity index (χ1) is 4.90. The SMILES string of the molecule is OCC1CN2C=CN1CC2. The third-order valence-corrected chi connectivity index (χ3v) is 2.24. The molecule has 1 fully saturated rings. The van der Waals surface area contributed by atoms with Gasteiger partial charge in [0.05, 0.1) is 12.6 Å². The molecule has 1 N–H and O–H groups in total. The van der Waals surface area contributed by atoms with Crippen LogP contribution in [-0.2, 0) is 0 Å². The molecule has 3 nitrogen and oxygen atoms in total. The molecule has 1 saturated heterocycles. The van der Waals surface area contributed by atoms with Gasteiger partial charge in [-0.05, 0) is 0 Å². The first-order valence-corrected chi connectivity index (χ1v) is 3.69. The molecule has 3 heterocycles. The zero-order valence-electron chi connectivity index (χ0n) is 5.90. The number of hydrogen-bond acceptors (Lipinski definition) is 3. The highest BCUT2D eigenvalue weighted by Gasteiger charge is 2.25. The van der Waals surface area contributed by atoms with Crippen molar-refractivity contribution in [1.29, 1.82) is 0 Å². The van der Waals surface area contributed by atoms with Crippen LogP contribution in [0.15, 0.2) is 12.4 Å². The summed E-state index contributed by atoms with van der Waals surface area (Å²) in [5.74, 6) is 0. The van der Waals surface area contributed by atoms with Gasteiger partial charge < -0.3 is 14.9 Å². The monoisotopic (exact) mass is 140 g/mol. The summed E-state index contributed by atoms with van der Waals surface area (Å²) in [5, 5.41) is 8.91. The van der Waals surface area contributed by atoms with Gasteiger partial charge >= 0.3 is 0 Å². The number of aliphatic hydroxyl groups is 1. The molecule has 0 radical (unpaired) electrons. The van der Waals surface area contributed by atoms with Crippen molar-refractivity contribution in [2.45, 2.75) is 6.04 Å². The van der Waals surface area contributed by atoms with Crippen molar-refractivity contribution in [2.24, 2.45) is 0 Å². The van der Waals surface area contributed by atoms with Crippen molar-refractivity contribution >= 4 is 0 Å². The lowest BCUT2D eigenvalue weighted by Crippen LogP contribution is -2.53. The summed E-state index contributed by atoms with van der Waals surface area (Å²) >= 11 is 0. The molecule has 0 aromatic heterocycles. The molecule has 0 aromatic carbocycles. The third-order valence-electron chi connectivity index (χ3n) is 2.24. The summed E-state index contributed by atoms with van der Waals surface area (Å²) in [5.41, 5.74) is 0. The lowest BCUT2D eigenvalue weighted by Gasteiger charge is -2.44. The molecule has 0 aliphatic carbocycles. The highest BCUT2D eigenvalue weighted by molar-refractivity contribution is 4.99. The van der Waals surface area contributed by atoms with Crippen LogP contribution in [0.1, 0.15) is 0 Å². The molecule has 3 aliphatic rings. The van der Waals surface area contributed by atoms with Crippen LogP contribution in [0, 0.1) is 0 Å². The van der Waals surface area contributed by atoms with Gasteiger partial charge in [0, 0.05) is 32.0 Å². The van der Waals surface area contributed by atoms with Crippen LogP contribution < -0.4 is 0 Å². The highest BCUT2D eigenvalue weighted by atomic mass is 16.3. The van der Waals surface area contributed by atoms with E-state index in [2.05, 4.69) is 22.2 Å². The van der Waals surface area contributed by atoms with Gasteiger partial charge in [-0.1, -0.05) is 0 Å². The number of hydrogen-bond donors (Lipinski definition) is 1. The molecular weight excluding hydrogens is 128 g/mol. The summed E-state index contributed by atoms with van der Waals surface area (Å²) < 4.78 is 0.